The summed E-state index contributed by atoms with van der Waals surface area (Å²) in [4.78, 5) is 2.20. The lowest BCUT2D eigenvalue weighted by Crippen LogP contribution is -2.43. The molecule has 0 amide bonds. The van der Waals surface area contributed by atoms with Gasteiger partial charge in [0.15, 0.2) is 0 Å². The fourth-order valence-electron chi connectivity index (χ4n) is 1.85. The second kappa shape index (κ2) is 4.20. The highest BCUT2D eigenvalue weighted by molar-refractivity contribution is 5.70. The number of hydrogen-bond donors (Lipinski definition) is 2. The minimum atomic E-state index is 0.563. The maximum absolute atomic E-state index is 9.06. The van der Waals surface area contributed by atoms with E-state index < -0.39 is 0 Å². The molecule has 1 aliphatic rings. The van der Waals surface area contributed by atoms with Crippen molar-refractivity contribution in [1.29, 1.82) is 5.26 Å². The summed E-state index contributed by atoms with van der Waals surface area (Å²) >= 11 is 0. The highest BCUT2D eigenvalue weighted by Crippen LogP contribution is 2.24. The fraction of sp³-hybridized carbons (Fsp3) is 0.364. The molecule has 0 spiro atoms. The molecular weight excluding hydrogens is 188 g/mol. The second-order valence-electron chi connectivity index (χ2n) is 3.59. The van der Waals surface area contributed by atoms with Crippen LogP contribution in [-0.2, 0) is 0 Å². The Kier molecular flexibility index (Phi) is 2.75. The van der Waals surface area contributed by atoms with Crippen LogP contribution in [0.3, 0.4) is 0 Å². The summed E-state index contributed by atoms with van der Waals surface area (Å²) in [6.07, 6.45) is 0. The van der Waals surface area contributed by atoms with Crippen LogP contribution >= 0.6 is 0 Å². The zero-order valence-electron chi connectivity index (χ0n) is 8.53. The molecule has 1 heterocycles. The number of rotatable bonds is 1. The maximum atomic E-state index is 9.06. The van der Waals surface area contributed by atoms with Gasteiger partial charge >= 0.3 is 0 Å². The van der Waals surface area contributed by atoms with Gasteiger partial charge in [-0.1, -0.05) is 6.07 Å². The third-order valence-electron chi connectivity index (χ3n) is 2.64. The highest BCUT2D eigenvalue weighted by atomic mass is 15.2. The lowest BCUT2D eigenvalue weighted by atomic mass is 10.1. The molecule has 1 aromatic rings. The van der Waals surface area contributed by atoms with Gasteiger partial charge in [-0.2, -0.15) is 5.26 Å². The highest BCUT2D eigenvalue weighted by Gasteiger charge is 2.15. The van der Waals surface area contributed by atoms with Crippen molar-refractivity contribution in [2.24, 2.45) is 0 Å². The SMILES string of the molecule is N#Cc1c(N)cccc1N1CCNCC1. The van der Waals surface area contributed by atoms with Crippen LogP contribution in [0.5, 0.6) is 0 Å². The molecule has 1 aliphatic heterocycles. The Hall–Kier alpha value is -1.73. The van der Waals surface area contributed by atoms with Gasteiger partial charge in [-0.3, -0.25) is 0 Å². The predicted molar refractivity (Wildman–Crippen MR) is 60.7 cm³/mol. The topological polar surface area (TPSA) is 65.1 Å². The van der Waals surface area contributed by atoms with Gasteiger partial charge in [0.05, 0.1) is 16.9 Å². The molecule has 4 heteroatoms. The van der Waals surface area contributed by atoms with Gasteiger partial charge < -0.3 is 16.0 Å². The molecule has 0 unspecified atom stereocenters. The number of hydrogen-bond acceptors (Lipinski definition) is 4. The van der Waals surface area contributed by atoms with Crippen molar-refractivity contribution in [3.63, 3.8) is 0 Å². The van der Waals surface area contributed by atoms with Crippen LogP contribution in [0.25, 0.3) is 0 Å². The molecule has 1 fully saturated rings. The number of nitrogens with zero attached hydrogens (tertiary/aromatic N) is 2. The summed E-state index contributed by atoms with van der Waals surface area (Å²) < 4.78 is 0. The van der Waals surface area contributed by atoms with E-state index in [1.54, 1.807) is 6.07 Å². The van der Waals surface area contributed by atoms with Crippen molar-refractivity contribution in [3.8, 4) is 6.07 Å². The smallest absolute Gasteiger partial charge is 0.104 e. The van der Waals surface area contributed by atoms with Gasteiger partial charge in [-0.15, -0.1) is 0 Å². The van der Waals surface area contributed by atoms with E-state index in [-0.39, 0.29) is 0 Å². The Morgan fingerprint density at radius 1 is 1.33 bits per heavy atom. The Balaban J connectivity index is 2.34. The van der Waals surface area contributed by atoms with Crippen molar-refractivity contribution in [3.05, 3.63) is 23.8 Å². The van der Waals surface area contributed by atoms with E-state index in [0.717, 1.165) is 31.9 Å². The number of nitrogen functional groups attached to an aromatic ring is 1. The predicted octanol–water partition coefficient (Wildman–Crippen LogP) is 0.550. The van der Waals surface area contributed by atoms with Gasteiger partial charge in [0, 0.05) is 26.2 Å². The molecule has 0 bridgehead atoms. The van der Waals surface area contributed by atoms with E-state index in [1.165, 1.54) is 0 Å². The van der Waals surface area contributed by atoms with Crippen LogP contribution in [0.4, 0.5) is 11.4 Å². The van der Waals surface area contributed by atoms with Gasteiger partial charge in [0.25, 0.3) is 0 Å². The zero-order valence-corrected chi connectivity index (χ0v) is 8.53. The van der Waals surface area contributed by atoms with Crippen LogP contribution in [0, 0.1) is 11.3 Å². The molecule has 0 saturated carbocycles. The second-order valence-corrected chi connectivity index (χ2v) is 3.59. The van der Waals surface area contributed by atoms with Crippen molar-refractivity contribution in [2.75, 3.05) is 36.8 Å². The van der Waals surface area contributed by atoms with Crippen molar-refractivity contribution < 1.29 is 0 Å². The van der Waals surface area contributed by atoms with E-state index in [0.29, 0.717) is 11.3 Å². The van der Waals surface area contributed by atoms with Crippen molar-refractivity contribution >= 4 is 11.4 Å². The van der Waals surface area contributed by atoms with Crippen LogP contribution < -0.4 is 16.0 Å². The molecule has 0 radical (unpaired) electrons. The summed E-state index contributed by atoms with van der Waals surface area (Å²) in [5, 5.41) is 12.3. The van der Waals surface area contributed by atoms with Gasteiger partial charge in [0.1, 0.15) is 6.07 Å². The standard InChI is InChI=1S/C11H14N4/c12-8-9-10(13)2-1-3-11(9)15-6-4-14-5-7-15/h1-3,14H,4-7,13H2. The Labute approximate surface area is 89.3 Å². The summed E-state index contributed by atoms with van der Waals surface area (Å²) in [6, 6.07) is 7.80. The third-order valence-corrected chi connectivity index (χ3v) is 2.64. The largest absolute Gasteiger partial charge is 0.398 e. The van der Waals surface area contributed by atoms with E-state index in [9.17, 15) is 0 Å². The number of nitriles is 1. The summed E-state index contributed by atoms with van der Waals surface area (Å²) in [5.41, 5.74) is 7.89. The first-order valence-corrected chi connectivity index (χ1v) is 5.07. The minimum Gasteiger partial charge on any atom is -0.398 e. The molecule has 1 saturated heterocycles. The molecule has 15 heavy (non-hydrogen) atoms. The fourth-order valence-corrected chi connectivity index (χ4v) is 1.85. The number of nitrogens with two attached hydrogens (primary N) is 1. The van der Waals surface area contributed by atoms with Crippen LogP contribution in [-0.4, -0.2) is 26.2 Å². The zero-order chi connectivity index (χ0) is 10.7. The van der Waals surface area contributed by atoms with E-state index >= 15 is 0 Å². The first kappa shape index (κ1) is 9.81. The number of anilines is 2. The normalized spacial score (nSPS) is 16.1. The molecule has 1 aromatic carbocycles. The van der Waals surface area contributed by atoms with Crippen LogP contribution in [0.15, 0.2) is 18.2 Å². The molecule has 78 valence electrons. The molecule has 0 atom stereocenters. The number of nitrogens with one attached hydrogen (secondary N) is 1. The minimum absolute atomic E-state index is 0.563. The quantitative estimate of drug-likeness (QED) is 0.653. The molecule has 0 aliphatic carbocycles. The summed E-state index contributed by atoms with van der Waals surface area (Å²) in [6.45, 7) is 3.77. The van der Waals surface area contributed by atoms with E-state index in [2.05, 4.69) is 16.3 Å². The molecule has 0 aromatic heterocycles. The lowest BCUT2D eigenvalue weighted by molar-refractivity contribution is 0.589. The average Bonchev–Trinajstić information content (AvgIpc) is 2.30. The molecule has 2 rings (SSSR count). The Bertz CT molecular complexity index is 388. The first-order valence-electron chi connectivity index (χ1n) is 5.07. The molecule has 4 nitrogen and oxygen atoms in total. The Morgan fingerprint density at radius 2 is 2.07 bits per heavy atom. The lowest BCUT2D eigenvalue weighted by Gasteiger charge is -2.30. The Morgan fingerprint density at radius 3 is 2.73 bits per heavy atom. The average molecular weight is 202 g/mol. The first-order chi connectivity index (χ1) is 7.33. The maximum Gasteiger partial charge on any atom is 0.104 e. The van der Waals surface area contributed by atoms with Crippen molar-refractivity contribution in [1.82, 2.24) is 5.32 Å². The summed E-state index contributed by atoms with van der Waals surface area (Å²) in [7, 11) is 0. The van der Waals surface area contributed by atoms with Crippen LogP contribution in [0.2, 0.25) is 0 Å². The number of piperazine rings is 1. The van der Waals surface area contributed by atoms with Gasteiger partial charge in [-0.05, 0) is 12.1 Å². The van der Waals surface area contributed by atoms with Gasteiger partial charge in [0.2, 0.25) is 0 Å². The molecule has 3 N–H and O–H groups in total. The number of benzene rings is 1. The van der Waals surface area contributed by atoms with E-state index in [1.807, 2.05) is 12.1 Å². The monoisotopic (exact) mass is 202 g/mol. The van der Waals surface area contributed by atoms with Gasteiger partial charge in [-0.25, -0.2) is 0 Å². The van der Waals surface area contributed by atoms with Crippen molar-refractivity contribution in [2.45, 2.75) is 0 Å². The summed E-state index contributed by atoms with van der Waals surface area (Å²) in [5.74, 6) is 0. The van der Waals surface area contributed by atoms with E-state index in [4.69, 9.17) is 11.0 Å². The van der Waals surface area contributed by atoms with Crippen LogP contribution in [0.1, 0.15) is 5.56 Å². The molecular formula is C11H14N4. The third kappa shape index (κ3) is 1.88.